The van der Waals surface area contributed by atoms with Crippen LogP contribution in [0.4, 0.5) is 5.69 Å². The van der Waals surface area contributed by atoms with Crippen LogP contribution in [0.15, 0.2) is 17.1 Å². The maximum Gasteiger partial charge on any atom is 0.271 e. The lowest BCUT2D eigenvalue weighted by Gasteiger charge is -2.13. The molecule has 0 bridgehead atoms. The van der Waals surface area contributed by atoms with Gasteiger partial charge in [-0.2, -0.15) is 5.10 Å². The lowest BCUT2D eigenvalue weighted by Crippen LogP contribution is -2.27. The minimum Gasteiger partial charge on any atom is -0.397 e. The molecule has 0 spiro atoms. The van der Waals surface area contributed by atoms with E-state index in [-0.39, 0.29) is 24.5 Å². The van der Waals surface area contributed by atoms with E-state index in [4.69, 9.17) is 15.6 Å². The first-order valence-electron chi connectivity index (χ1n) is 4.81. The maximum atomic E-state index is 11.5. The molecular formula is C9H13N3O3. The topological polar surface area (TPSA) is 90.4 Å². The Labute approximate surface area is 86.3 Å². The number of nitrogens with two attached hydrogens (primary N) is 1. The molecule has 1 aromatic heterocycles. The molecule has 0 radical (unpaired) electrons. The molecule has 1 fully saturated rings. The van der Waals surface area contributed by atoms with Crippen molar-refractivity contribution in [2.75, 3.05) is 12.3 Å². The van der Waals surface area contributed by atoms with Crippen molar-refractivity contribution in [3.63, 3.8) is 0 Å². The van der Waals surface area contributed by atoms with Gasteiger partial charge in [-0.3, -0.25) is 4.79 Å². The van der Waals surface area contributed by atoms with Crippen molar-refractivity contribution in [2.45, 2.75) is 25.2 Å². The summed E-state index contributed by atoms with van der Waals surface area (Å²) in [6, 6.07) is 1.31. The quantitative estimate of drug-likeness (QED) is 0.688. The van der Waals surface area contributed by atoms with Crippen LogP contribution in [-0.2, 0) is 4.74 Å². The minimum atomic E-state index is -0.379. The Balaban J connectivity index is 2.20. The summed E-state index contributed by atoms with van der Waals surface area (Å²) in [6.45, 7) is -0.0276. The number of hydrogen-bond acceptors (Lipinski definition) is 5. The largest absolute Gasteiger partial charge is 0.397 e. The first-order chi connectivity index (χ1) is 7.20. The van der Waals surface area contributed by atoms with Crippen LogP contribution in [0.3, 0.4) is 0 Å². The van der Waals surface area contributed by atoms with Crippen molar-refractivity contribution >= 4 is 5.69 Å². The van der Waals surface area contributed by atoms with Gasteiger partial charge < -0.3 is 15.6 Å². The second-order valence-corrected chi connectivity index (χ2v) is 3.54. The molecule has 1 aromatic rings. The van der Waals surface area contributed by atoms with E-state index in [1.165, 1.54) is 16.9 Å². The molecular weight excluding hydrogens is 198 g/mol. The van der Waals surface area contributed by atoms with Gasteiger partial charge in [-0.25, -0.2) is 4.68 Å². The van der Waals surface area contributed by atoms with E-state index in [0.717, 1.165) is 6.42 Å². The van der Waals surface area contributed by atoms with E-state index in [1.54, 1.807) is 0 Å². The molecule has 1 aliphatic heterocycles. The van der Waals surface area contributed by atoms with Gasteiger partial charge in [-0.15, -0.1) is 0 Å². The van der Waals surface area contributed by atoms with Crippen LogP contribution < -0.4 is 11.3 Å². The lowest BCUT2D eigenvalue weighted by molar-refractivity contribution is -0.0305. The number of nitrogen functional groups attached to an aromatic ring is 1. The van der Waals surface area contributed by atoms with E-state index < -0.39 is 0 Å². The monoisotopic (exact) mass is 211 g/mol. The van der Waals surface area contributed by atoms with E-state index in [0.29, 0.717) is 12.1 Å². The molecule has 2 heterocycles. The first kappa shape index (κ1) is 10.1. The molecule has 6 heteroatoms. The predicted octanol–water partition coefficient (Wildman–Crippen LogP) is -0.505. The van der Waals surface area contributed by atoms with E-state index in [1.807, 2.05) is 0 Å². The third-order valence-electron chi connectivity index (χ3n) is 2.41. The van der Waals surface area contributed by atoms with Crippen molar-refractivity contribution in [3.05, 3.63) is 22.6 Å². The summed E-state index contributed by atoms with van der Waals surface area (Å²) in [6.07, 6.45) is 2.26. The number of anilines is 1. The molecule has 0 saturated carbocycles. The average Bonchev–Trinajstić information content (AvgIpc) is 2.66. The Morgan fingerprint density at radius 3 is 3.07 bits per heavy atom. The summed E-state index contributed by atoms with van der Waals surface area (Å²) in [7, 11) is 0. The number of rotatable bonds is 2. The third-order valence-corrected chi connectivity index (χ3v) is 2.41. The molecule has 3 N–H and O–H groups in total. The second kappa shape index (κ2) is 4.00. The number of aliphatic hydroxyl groups excluding tert-OH is 1. The van der Waals surface area contributed by atoms with Crippen molar-refractivity contribution < 1.29 is 9.84 Å². The molecule has 2 atom stereocenters. The van der Waals surface area contributed by atoms with E-state index >= 15 is 0 Å². The summed E-state index contributed by atoms with van der Waals surface area (Å²) >= 11 is 0. The van der Waals surface area contributed by atoms with E-state index in [9.17, 15) is 4.79 Å². The summed E-state index contributed by atoms with van der Waals surface area (Å²) in [5.74, 6) is 0. The van der Waals surface area contributed by atoms with Crippen LogP contribution >= 0.6 is 0 Å². The molecule has 0 aromatic carbocycles. The summed E-state index contributed by atoms with van der Waals surface area (Å²) in [5, 5.41) is 12.8. The number of nitrogens with zero attached hydrogens (tertiary/aromatic N) is 2. The number of hydrogen-bond donors (Lipinski definition) is 2. The van der Waals surface area contributed by atoms with Crippen LogP contribution in [0.1, 0.15) is 19.1 Å². The molecule has 1 saturated heterocycles. The normalized spacial score (nSPS) is 25.7. The zero-order chi connectivity index (χ0) is 10.8. The molecule has 15 heavy (non-hydrogen) atoms. The molecule has 0 aliphatic carbocycles. The zero-order valence-electron chi connectivity index (χ0n) is 8.17. The number of ether oxygens (including phenoxy) is 1. The Kier molecular flexibility index (Phi) is 2.70. The van der Waals surface area contributed by atoms with Crippen molar-refractivity contribution in [3.8, 4) is 0 Å². The Morgan fingerprint density at radius 1 is 1.67 bits per heavy atom. The third kappa shape index (κ3) is 2.00. The standard InChI is InChI=1S/C9H13N3O3/c10-6-3-8(14)12(11-4-6)9-2-1-7(5-13)15-9/h3-4,7,9,13H,1-2,5,10H2/t7-,9+/m0/s1. The highest BCUT2D eigenvalue weighted by Gasteiger charge is 2.27. The highest BCUT2D eigenvalue weighted by Crippen LogP contribution is 2.25. The van der Waals surface area contributed by atoms with Crippen LogP contribution in [-0.4, -0.2) is 27.6 Å². The number of aromatic nitrogens is 2. The van der Waals surface area contributed by atoms with Gasteiger partial charge in [0.2, 0.25) is 0 Å². The van der Waals surface area contributed by atoms with Gasteiger partial charge >= 0.3 is 0 Å². The maximum absolute atomic E-state index is 11.5. The van der Waals surface area contributed by atoms with Crippen molar-refractivity contribution in [2.24, 2.45) is 0 Å². The fourth-order valence-corrected chi connectivity index (χ4v) is 1.65. The Bertz CT molecular complexity index is 404. The van der Waals surface area contributed by atoms with Gasteiger partial charge in [0.25, 0.3) is 5.56 Å². The summed E-state index contributed by atoms with van der Waals surface area (Å²) < 4.78 is 6.68. The fourth-order valence-electron chi connectivity index (χ4n) is 1.65. The molecule has 82 valence electrons. The molecule has 0 amide bonds. The Morgan fingerprint density at radius 2 is 2.47 bits per heavy atom. The smallest absolute Gasteiger partial charge is 0.271 e. The molecule has 6 nitrogen and oxygen atoms in total. The molecule has 0 unspecified atom stereocenters. The molecule has 1 aliphatic rings. The highest BCUT2D eigenvalue weighted by molar-refractivity contribution is 5.31. The van der Waals surface area contributed by atoms with Crippen LogP contribution in [0.5, 0.6) is 0 Å². The van der Waals surface area contributed by atoms with Crippen LogP contribution in [0.25, 0.3) is 0 Å². The predicted molar refractivity (Wildman–Crippen MR) is 53.1 cm³/mol. The number of aliphatic hydroxyl groups is 1. The van der Waals surface area contributed by atoms with Gasteiger partial charge in [0.05, 0.1) is 24.6 Å². The second-order valence-electron chi connectivity index (χ2n) is 3.54. The van der Waals surface area contributed by atoms with Crippen molar-refractivity contribution in [1.82, 2.24) is 9.78 Å². The molecule has 2 rings (SSSR count). The van der Waals surface area contributed by atoms with E-state index in [2.05, 4.69) is 5.10 Å². The zero-order valence-corrected chi connectivity index (χ0v) is 8.17. The SMILES string of the molecule is Nc1cnn([C@H]2CC[C@@H](CO)O2)c(=O)c1. The van der Waals surface area contributed by atoms with Gasteiger partial charge in [-0.1, -0.05) is 0 Å². The lowest BCUT2D eigenvalue weighted by atomic mass is 10.2. The highest BCUT2D eigenvalue weighted by atomic mass is 16.5. The van der Waals surface area contributed by atoms with Gasteiger partial charge in [0.1, 0.15) is 0 Å². The fraction of sp³-hybridized carbons (Fsp3) is 0.556. The van der Waals surface area contributed by atoms with Gasteiger partial charge in [-0.05, 0) is 12.8 Å². The average molecular weight is 211 g/mol. The minimum absolute atomic E-state index is 0.0276. The van der Waals surface area contributed by atoms with Crippen LogP contribution in [0, 0.1) is 0 Å². The van der Waals surface area contributed by atoms with Gasteiger partial charge in [0.15, 0.2) is 6.23 Å². The Hall–Kier alpha value is -1.40. The first-order valence-corrected chi connectivity index (χ1v) is 4.81. The summed E-state index contributed by atoms with van der Waals surface area (Å²) in [4.78, 5) is 11.5. The van der Waals surface area contributed by atoms with Crippen molar-refractivity contribution in [1.29, 1.82) is 0 Å². The summed E-state index contributed by atoms with van der Waals surface area (Å²) in [5.41, 5.74) is 5.48. The van der Waals surface area contributed by atoms with Gasteiger partial charge in [0, 0.05) is 6.07 Å². The van der Waals surface area contributed by atoms with Crippen LogP contribution in [0.2, 0.25) is 0 Å².